The molecule has 2 heterocycles. The molecular formula is C24H21Cl2N3O3. The van der Waals surface area contributed by atoms with Crippen LogP contribution in [0.5, 0.6) is 5.75 Å². The number of carbonyl (C=O) groups is 1. The third-order valence-corrected chi connectivity index (χ3v) is 5.78. The minimum absolute atomic E-state index is 0.232. The monoisotopic (exact) mass is 469 g/mol. The van der Waals surface area contributed by atoms with Crippen LogP contribution in [0.25, 0.3) is 11.0 Å². The first-order valence-corrected chi connectivity index (χ1v) is 10.7. The molecule has 0 amide bonds. The maximum absolute atomic E-state index is 12.0. The number of imidazole rings is 1. The first kappa shape index (κ1) is 22.1. The molecule has 2 aromatic carbocycles. The number of nitrogens with zero attached hydrogens (tertiary/aromatic N) is 3. The van der Waals surface area contributed by atoms with E-state index >= 15 is 0 Å². The summed E-state index contributed by atoms with van der Waals surface area (Å²) in [5.41, 5.74) is 4.88. The van der Waals surface area contributed by atoms with Crippen molar-refractivity contribution in [1.82, 2.24) is 14.5 Å². The molecule has 0 aliphatic rings. The number of aromatic nitrogens is 3. The molecule has 4 rings (SSSR count). The zero-order valence-electron chi connectivity index (χ0n) is 17.9. The fourth-order valence-corrected chi connectivity index (χ4v) is 4.01. The zero-order chi connectivity index (χ0) is 22.8. The second-order valence-electron chi connectivity index (χ2n) is 7.37. The third-order valence-electron chi connectivity index (χ3n) is 5.25. The van der Waals surface area contributed by atoms with E-state index in [1.807, 2.05) is 44.2 Å². The third kappa shape index (κ3) is 4.42. The smallest absolute Gasteiger partial charge is 0.338 e. The van der Waals surface area contributed by atoms with Crippen molar-refractivity contribution >= 4 is 40.2 Å². The predicted octanol–water partition coefficient (Wildman–Crippen LogP) is 5.77. The van der Waals surface area contributed by atoms with Gasteiger partial charge in [0.1, 0.15) is 28.5 Å². The van der Waals surface area contributed by atoms with Crippen LogP contribution in [-0.4, -0.2) is 27.6 Å². The highest BCUT2D eigenvalue weighted by molar-refractivity contribution is 6.32. The largest absolute Gasteiger partial charge is 0.489 e. The topological polar surface area (TPSA) is 66.2 Å². The van der Waals surface area contributed by atoms with Crippen molar-refractivity contribution < 1.29 is 14.3 Å². The average Bonchev–Trinajstić information content (AvgIpc) is 3.09. The van der Waals surface area contributed by atoms with E-state index in [2.05, 4.69) is 9.55 Å². The van der Waals surface area contributed by atoms with Gasteiger partial charge in [0.2, 0.25) is 0 Å². The summed E-state index contributed by atoms with van der Waals surface area (Å²) in [5.74, 6) is 1.14. The van der Waals surface area contributed by atoms with Crippen LogP contribution < -0.4 is 4.74 Å². The van der Waals surface area contributed by atoms with Gasteiger partial charge in [-0.25, -0.2) is 14.8 Å². The highest BCUT2D eigenvalue weighted by atomic mass is 35.5. The molecule has 0 radical (unpaired) electrons. The van der Waals surface area contributed by atoms with Gasteiger partial charge in [0.25, 0.3) is 0 Å². The average molecular weight is 470 g/mol. The normalized spacial score (nSPS) is 11.0. The summed E-state index contributed by atoms with van der Waals surface area (Å²) < 4.78 is 13.0. The van der Waals surface area contributed by atoms with Gasteiger partial charge in [-0.15, -0.1) is 0 Å². The molecule has 6 nitrogen and oxygen atoms in total. The van der Waals surface area contributed by atoms with Crippen LogP contribution in [-0.2, 0) is 17.9 Å². The van der Waals surface area contributed by atoms with E-state index in [0.717, 1.165) is 33.5 Å². The van der Waals surface area contributed by atoms with Gasteiger partial charge in [0, 0.05) is 17.2 Å². The van der Waals surface area contributed by atoms with Crippen molar-refractivity contribution in [2.45, 2.75) is 27.0 Å². The Morgan fingerprint density at radius 1 is 1.03 bits per heavy atom. The molecule has 164 valence electrons. The Morgan fingerprint density at radius 3 is 2.56 bits per heavy atom. The van der Waals surface area contributed by atoms with Crippen molar-refractivity contribution in [3.63, 3.8) is 0 Å². The number of hydrogen-bond acceptors (Lipinski definition) is 5. The first-order valence-electron chi connectivity index (χ1n) is 9.94. The minimum atomic E-state index is -0.391. The standard InChI is InChI=1S/C24H21Cl2N3O3/c1-14-10-18(32-13-17-6-4-5-7-19(17)24(30)31-3)11-20-22(14)27-15(2)29(20)12-16-8-9-21(25)28-23(16)26/h4-11H,12-13H2,1-3H3. The lowest BCUT2D eigenvalue weighted by Gasteiger charge is -2.12. The summed E-state index contributed by atoms with van der Waals surface area (Å²) in [4.78, 5) is 20.9. The van der Waals surface area contributed by atoms with Crippen molar-refractivity contribution in [3.05, 3.63) is 86.9 Å². The Hall–Kier alpha value is -3.09. The van der Waals surface area contributed by atoms with Gasteiger partial charge in [-0.2, -0.15) is 0 Å². The van der Waals surface area contributed by atoms with E-state index in [-0.39, 0.29) is 6.61 Å². The van der Waals surface area contributed by atoms with E-state index in [9.17, 15) is 4.79 Å². The number of ether oxygens (including phenoxy) is 2. The minimum Gasteiger partial charge on any atom is -0.489 e. The summed E-state index contributed by atoms with van der Waals surface area (Å²) in [6, 6.07) is 14.7. The van der Waals surface area contributed by atoms with Gasteiger partial charge >= 0.3 is 5.97 Å². The summed E-state index contributed by atoms with van der Waals surface area (Å²) in [7, 11) is 1.36. The van der Waals surface area contributed by atoms with Crippen LogP contribution in [0.4, 0.5) is 0 Å². The molecule has 0 saturated carbocycles. The number of aryl methyl sites for hydroxylation is 2. The Labute approximate surface area is 195 Å². The molecule has 0 unspecified atom stereocenters. The molecule has 0 atom stereocenters. The van der Waals surface area contributed by atoms with Gasteiger partial charge < -0.3 is 14.0 Å². The fourth-order valence-electron chi connectivity index (χ4n) is 3.60. The van der Waals surface area contributed by atoms with Crippen LogP contribution in [0.3, 0.4) is 0 Å². The number of rotatable bonds is 6. The molecule has 8 heteroatoms. The predicted molar refractivity (Wildman–Crippen MR) is 125 cm³/mol. The van der Waals surface area contributed by atoms with E-state index < -0.39 is 5.97 Å². The lowest BCUT2D eigenvalue weighted by molar-refractivity contribution is 0.0597. The summed E-state index contributed by atoms with van der Waals surface area (Å²) in [5, 5.41) is 0.715. The number of esters is 1. The molecule has 0 aliphatic carbocycles. The number of pyridine rings is 1. The van der Waals surface area contributed by atoms with Gasteiger partial charge in [-0.1, -0.05) is 47.5 Å². The molecular weight excluding hydrogens is 449 g/mol. The maximum Gasteiger partial charge on any atom is 0.338 e. The lowest BCUT2D eigenvalue weighted by Crippen LogP contribution is -2.08. The Kier molecular flexibility index (Phi) is 6.35. The first-order chi connectivity index (χ1) is 15.4. The molecule has 0 spiro atoms. The number of benzene rings is 2. The molecule has 0 aliphatic heterocycles. The van der Waals surface area contributed by atoms with Gasteiger partial charge in [-0.3, -0.25) is 0 Å². The lowest BCUT2D eigenvalue weighted by atomic mass is 10.1. The van der Waals surface area contributed by atoms with Crippen molar-refractivity contribution in [3.8, 4) is 5.75 Å². The Morgan fingerprint density at radius 2 is 1.81 bits per heavy atom. The highest BCUT2D eigenvalue weighted by Crippen LogP contribution is 2.28. The Balaban J connectivity index is 1.66. The summed E-state index contributed by atoms with van der Waals surface area (Å²) in [6.07, 6.45) is 0. The number of fused-ring (bicyclic) bond motifs is 1. The molecule has 0 saturated heterocycles. The second-order valence-corrected chi connectivity index (χ2v) is 8.12. The molecule has 0 bridgehead atoms. The SMILES string of the molecule is COC(=O)c1ccccc1COc1cc(C)c2nc(C)n(Cc3ccc(Cl)nc3Cl)c2c1. The van der Waals surface area contributed by atoms with E-state index in [0.29, 0.717) is 28.2 Å². The summed E-state index contributed by atoms with van der Waals surface area (Å²) in [6.45, 7) is 4.67. The molecule has 0 N–H and O–H groups in total. The van der Waals surface area contributed by atoms with Crippen molar-refractivity contribution in [1.29, 1.82) is 0 Å². The van der Waals surface area contributed by atoms with E-state index in [1.165, 1.54) is 7.11 Å². The number of halogens is 2. The van der Waals surface area contributed by atoms with Gasteiger partial charge in [-0.05, 0) is 37.6 Å². The van der Waals surface area contributed by atoms with Crippen LogP contribution in [0.1, 0.15) is 32.9 Å². The quantitative estimate of drug-likeness (QED) is 0.265. The number of methoxy groups -OCH3 is 1. The van der Waals surface area contributed by atoms with Crippen LogP contribution in [0.15, 0.2) is 48.5 Å². The summed E-state index contributed by atoms with van der Waals surface area (Å²) >= 11 is 12.2. The van der Waals surface area contributed by atoms with Gasteiger partial charge in [0.15, 0.2) is 0 Å². The Bertz CT molecular complexity index is 1320. The van der Waals surface area contributed by atoms with Crippen molar-refractivity contribution in [2.75, 3.05) is 7.11 Å². The van der Waals surface area contributed by atoms with Crippen LogP contribution >= 0.6 is 23.2 Å². The van der Waals surface area contributed by atoms with E-state index in [4.69, 9.17) is 37.7 Å². The number of hydrogen-bond donors (Lipinski definition) is 0. The highest BCUT2D eigenvalue weighted by Gasteiger charge is 2.15. The van der Waals surface area contributed by atoms with Gasteiger partial charge in [0.05, 0.1) is 30.3 Å². The molecule has 0 fully saturated rings. The fraction of sp³-hybridized carbons (Fsp3) is 0.208. The van der Waals surface area contributed by atoms with Crippen LogP contribution in [0, 0.1) is 13.8 Å². The van der Waals surface area contributed by atoms with E-state index in [1.54, 1.807) is 18.2 Å². The van der Waals surface area contributed by atoms with Crippen molar-refractivity contribution in [2.24, 2.45) is 0 Å². The second kappa shape index (κ2) is 9.18. The number of carbonyl (C=O) groups excluding carboxylic acids is 1. The van der Waals surface area contributed by atoms with Crippen LogP contribution in [0.2, 0.25) is 10.3 Å². The molecule has 2 aromatic heterocycles. The maximum atomic E-state index is 12.0. The molecule has 32 heavy (non-hydrogen) atoms. The zero-order valence-corrected chi connectivity index (χ0v) is 19.4. The molecule has 4 aromatic rings.